The van der Waals surface area contributed by atoms with E-state index in [2.05, 4.69) is 40.9 Å². The predicted octanol–water partition coefficient (Wildman–Crippen LogP) is 18.6. The fourth-order valence-electron chi connectivity index (χ4n) is 12.7. The zero-order chi connectivity index (χ0) is 61.2. The van der Waals surface area contributed by atoms with Gasteiger partial charge in [0.05, 0.1) is 37.3 Å². The third kappa shape index (κ3) is 36.5. The highest BCUT2D eigenvalue weighted by Gasteiger charge is 2.54. The normalized spacial score (nSPS) is 18.2. The maximum absolute atomic E-state index is 15.1. The average Bonchev–Trinajstić information content (AvgIpc) is 2.68. The second kappa shape index (κ2) is 51.1. The van der Waals surface area contributed by atoms with Gasteiger partial charge in [-0.3, -0.25) is 9.59 Å². The van der Waals surface area contributed by atoms with E-state index in [-0.39, 0.29) is 24.1 Å². The second-order valence-electron chi connectivity index (χ2n) is 25.7. The molecule has 2 fully saturated rings. The lowest BCUT2D eigenvalue weighted by molar-refractivity contribution is -0.231. The van der Waals surface area contributed by atoms with Crippen molar-refractivity contribution in [2.45, 2.75) is 372 Å². The Morgan fingerprint density at radius 1 is 0.369 bits per heavy atom. The van der Waals surface area contributed by atoms with Crippen LogP contribution in [0.15, 0.2) is 25.3 Å². The molecule has 12 heteroatoms. The number of carbonyl (C=O) groups excluding carboxylic acids is 4. The SMILES string of the molecule is C=CC(=O)OCCCCCCOC1CCC(C(=O)OC(C(OC(=O)C2CCC(OCCCCCCOC(=O)C=C)CC2)C(O)(CCCCCCCCC)CCCCCCCCC)C(O)(CCCCCCCCC)CCCCCCCCC)CC1. The maximum atomic E-state index is 15.1. The Kier molecular flexibility index (Phi) is 47.0. The Morgan fingerprint density at radius 3 is 0.869 bits per heavy atom. The molecule has 2 unspecified atom stereocenters. The number of unbranched alkanes of at least 4 members (excludes halogenated alkanes) is 30. The molecule has 2 aliphatic rings. The molecule has 2 atom stereocenters. The van der Waals surface area contributed by atoms with Crippen LogP contribution in [0.4, 0.5) is 0 Å². The number of carbonyl (C=O) groups is 4. The minimum Gasteiger partial charge on any atom is -0.463 e. The fourth-order valence-corrected chi connectivity index (χ4v) is 12.7. The van der Waals surface area contributed by atoms with Gasteiger partial charge in [-0.15, -0.1) is 0 Å². The van der Waals surface area contributed by atoms with Gasteiger partial charge in [0.1, 0.15) is 11.2 Å². The molecule has 0 heterocycles. The average molecular weight is 1190 g/mol. The molecular weight excluding hydrogens is 1060 g/mol. The molecule has 2 aliphatic carbocycles. The summed E-state index contributed by atoms with van der Waals surface area (Å²) in [5.74, 6) is -2.32. The molecule has 2 saturated carbocycles. The molecule has 0 saturated heterocycles. The van der Waals surface area contributed by atoms with Crippen molar-refractivity contribution in [1.82, 2.24) is 0 Å². The first-order valence-corrected chi connectivity index (χ1v) is 35.6. The van der Waals surface area contributed by atoms with Crippen LogP contribution in [0.5, 0.6) is 0 Å². The summed E-state index contributed by atoms with van der Waals surface area (Å²) in [6.45, 7) is 17.9. The van der Waals surface area contributed by atoms with E-state index in [0.29, 0.717) is 77.8 Å². The van der Waals surface area contributed by atoms with Crippen molar-refractivity contribution in [3.63, 3.8) is 0 Å². The smallest absolute Gasteiger partial charge is 0.330 e. The molecule has 0 spiro atoms. The van der Waals surface area contributed by atoms with Crippen molar-refractivity contribution in [2.24, 2.45) is 11.8 Å². The van der Waals surface area contributed by atoms with E-state index in [1.165, 1.54) is 89.2 Å². The number of aliphatic hydroxyl groups is 2. The molecule has 84 heavy (non-hydrogen) atoms. The van der Waals surface area contributed by atoms with Gasteiger partial charge in [0, 0.05) is 25.4 Å². The van der Waals surface area contributed by atoms with Gasteiger partial charge in [0.2, 0.25) is 0 Å². The molecule has 0 aromatic rings. The lowest BCUT2D eigenvalue weighted by Gasteiger charge is -2.47. The molecule has 12 nitrogen and oxygen atoms in total. The second-order valence-corrected chi connectivity index (χ2v) is 25.7. The topological polar surface area (TPSA) is 164 Å². The van der Waals surface area contributed by atoms with Gasteiger partial charge in [-0.05, 0) is 116 Å². The van der Waals surface area contributed by atoms with Gasteiger partial charge in [0.15, 0.2) is 12.2 Å². The summed E-state index contributed by atoms with van der Waals surface area (Å²) in [7, 11) is 0. The van der Waals surface area contributed by atoms with Crippen LogP contribution in [-0.2, 0) is 47.6 Å². The fraction of sp³-hybridized carbons (Fsp3) is 0.889. The van der Waals surface area contributed by atoms with E-state index >= 15 is 9.59 Å². The molecule has 490 valence electrons. The predicted molar refractivity (Wildman–Crippen MR) is 343 cm³/mol. The number of rotatable bonds is 57. The summed E-state index contributed by atoms with van der Waals surface area (Å²) < 4.78 is 36.9. The summed E-state index contributed by atoms with van der Waals surface area (Å²) in [6.07, 6.45) is 44.1. The molecule has 2 N–H and O–H groups in total. The van der Waals surface area contributed by atoms with Crippen molar-refractivity contribution in [2.75, 3.05) is 26.4 Å². The van der Waals surface area contributed by atoms with Crippen molar-refractivity contribution in [3.8, 4) is 0 Å². The summed E-state index contributed by atoms with van der Waals surface area (Å²) in [5.41, 5.74) is -3.06. The number of hydrogen-bond acceptors (Lipinski definition) is 12. The lowest BCUT2D eigenvalue weighted by Crippen LogP contribution is -2.62. The first-order chi connectivity index (χ1) is 40.9. The van der Waals surface area contributed by atoms with Gasteiger partial charge in [0.25, 0.3) is 0 Å². The highest BCUT2D eigenvalue weighted by molar-refractivity contribution is 5.81. The minimum absolute atomic E-state index is 0.0419. The maximum Gasteiger partial charge on any atom is 0.330 e. The first kappa shape index (κ1) is 77.3. The Hall–Kier alpha value is -2.80. The van der Waals surface area contributed by atoms with E-state index in [9.17, 15) is 19.8 Å². The third-order valence-corrected chi connectivity index (χ3v) is 18.3. The third-order valence-electron chi connectivity index (χ3n) is 18.3. The van der Waals surface area contributed by atoms with Crippen LogP contribution < -0.4 is 0 Å². The number of esters is 4. The minimum atomic E-state index is -1.53. The number of hydrogen-bond donors (Lipinski definition) is 2. The first-order valence-electron chi connectivity index (χ1n) is 35.6. The molecular formula is C72H130O12. The van der Waals surface area contributed by atoms with Crippen molar-refractivity contribution in [3.05, 3.63) is 25.3 Å². The number of ether oxygens (including phenoxy) is 6. The summed E-state index contributed by atoms with van der Waals surface area (Å²) in [5, 5.41) is 27.5. The molecule has 0 aliphatic heterocycles. The largest absolute Gasteiger partial charge is 0.463 e. The van der Waals surface area contributed by atoms with E-state index < -0.39 is 47.2 Å². The zero-order valence-electron chi connectivity index (χ0n) is 54.8. The van der Waals surface area contributed by atoms with Gasteiger partial charge >= 0.3 is 23.9 Å². The molecule has 0 radical (unpaired) electrons. The highest BCUT2D eigenvalue weighted by atomic mass is 16.6. The molecule has 2 rings (SSSR count). The zero-order valence-corrected chi connectivity index (χ0v) is 54.8. The monoisotopic (exact) mass is 1190 g/mol. The van der Waals surface area contributed by atoms with Crippen LogP contribution in [0.2, 0.25) is 0 Å². The van der Waals surface area contributed by atoms with Crippen LogP contribution in [0.3, 0.4) is 0 Å². The van der Waals surface area contributed by atoms with Gasteiger partial charge in [-0.1, -0.05) is 233 Å². The van der Waals surface area contributed by atoms with Gasteiger partial charge in [-0.2, -0.15) is 0 Å². The van der Waals surface area contributed by atoms with E-state index in [1.807, 2.05) is 0 Å². The van der Waals surface area contributed by atoms with Crippen LogP contribution in [0.1, 0.15) is 336 Å². The van der Waals surface area contributed by atoms with Gasteiger partial charge < -0.3 is 38.6 Å². The molecule has 0 bridgehead atoms. The van der Waals surface area contributed by atoms with E-state index in [4.69, 9.17) is 28.4 Å². The lowest BCUT2D eigenvalue weighted by atomic mass is 9.74. The summed E-state index contributed by atoms with van der Waals surface area (Å²) in [6, 6.07) is 0. The van der Waals surface area contributed by atoms with Crippen molar-refractivity contribution in [1.29, 1.82) is 0 Å². The van der Waals surface area contributed by atoms with Crippen LogP contribution in [0, 0.1) is 11.8 Å². The van der Waals surface area contributed by atoms with E-state index in [1.54, 1.807) is 0 Å². The molecule has 0 amide bonds. The van der Waals surface area contributed by atoms with Crippen LogP contribution >= 0.6 is 0 Å². The molecule has 0 aromatic heterocycles. The van der Waals surface area contributed by atoms with Gasteiger partial charge in [-0.25, -0.2) is 9.59 Å². The standard InChI is InChI=1S/C72H130O12/c1-7-13-17-21-25-29-37-53-71(77,54-38-30-26-22-18-14-8-2)67(83-69(75)61-45-49-63(50-46-61)79-57-41-33-35-43-59-81-65(73)11-5)68(72(78,55-39-31-27-23-19-15-9-3)56-40-32-28-24-20-16-10-4)84-70(76)62-47-51-64(52-48-62)80-58-42-34-36-44-60-82-66(74)12-6/h11-12,61-64,67-68,77-78H,5-10,13-60H2,1-4H3. The van der Waals surface area contributed by atoms with Crippen molar-refractivity contribution >= 4 is 23.9 Å². The Bertz CT molecular complexity index is 1480. The summed E-state index contributed by atoms with van der Waals surface area (Å²) in [4.78, 5) is 53.1. The molecule has 0 aromatic carbocycles. The Morgan fingerprint density at radius 2 is 0.607 bits per heavy atom. The summed E-state index contributed by atoms with van der Waals surface area (Å²) >= 11 is 0. The Balaban J connectivity index is 2.56. The quantitative estimate of drug-likeness (QED) is 0.0257. The van der Waals surface area contributed by atoms with Crippen LogP contribution in [-0.4, -0.2) is 96.1 Å². The van der Waals surface area contributed by atoms with Crippen molar-refractivity contribution < 1.29 is 57.8 Å². The van der Waals surface area contributed by atoms with E-state index in [0.717, 1.165) is 180 Å². The highest BCUT2D eigenvalue weighted by Crippen LogP contribution is 2.42. The van der Waals surface area contributed by atoms with Crippen LogP contribution in [0.25, 0.3) is 0 Å². The Labute approximate surface area is 514 Å².